The van der Waals surface area contributed by atoms with Gasteiger partial charge in [0.15, 0.2) is 0 Å². The number of imidazole rings is 1. The number of thiophene rings is 1. The zero-order valence-electron chi connectivity index (χ0n) is 9.85. The van der Waals surface area contributed by atoms with Gasteiger partial charge >= 0.3 is 0 Å². The topological polar surface area (TPSA) is 29.9 Å². The minimum atomic E-state index is 0.687. The van der Waals surface area contributed by atoms with Gasteiger partial charge in [-0.2, -0.15) is 0 Å². The zero-order chi connectivity index (χ0) is 12.5. The summed E-state index contributed by atoms with van der Waals surface area (Å²) in [6.45, 7) is 0.784. The lowest BCUT2D eigenvalue weighted by Gasteiger charge is -2.04. The summed E-state index contributed by atoms with van der Waals surface area (Å²) in [6, 6.07) is 9.97. The summed E-state index contributed by atoms with van der Waals surface area (Å²) >= 11 is 7.87. The molecule has 1 N–H and O–H groups in total. The standard InChI is InChI=1S/C13H12ClN3S/c1-17-11-6-2-5-10(14)12(11)16-13(17)15-8-9-4-3-7-18-9/h2-7H,8H2,1H3,(H,15,16). The highest BCUT2D eigenvalue weighted by atomic mass is 35.5. The van der Waals surface area contributed by atoms with Crippen LogP contribution in [-0.4, -0.2) is 9.55 Å². The van der Waals surface area contributed by atoms with Crippen molar-refractivity contribution in [2.24, 2.45) is 7.05 Å². The maximum absolute atomic E-state index is 6.14. The summed E-state index contributed by atoms with van der Waals surface area (Å²) in [4.78, 5) is 5.82. The summed E-state index contributed by atoms with van der Waals surface area (Å²) in [7, 11) is 1.99. The number of para-hydroxylation sites is 1. The first-order valence-corrected chi connectivity index (χ1v) is 6.88. The zero-order valence-corrected chi connectivity index (χ0v) is 11.4. The van der Waals surface area contributed by atoms with E-state index in [1.54, 1.807) is 11.3 Å². The minimum Gasteiger partial charge on any atom is -0.351 e. The third-order valence-electron chi connectivity index (χ3n) is 2.86. The molecule has 18 heavy (non-hydrogen) atoms. The van der Waals surface area contributed by atoms with E-state index < -0.39 is 0 Å². The van der Waals surface area contributed by atoms with E-state index in [0.717, 1.165) is 23.5 Å². The summed E-state index contributed by atoms with van der Waals surface area (Å²) < 4.78 is 2.02. The molecule has 0 fully saturated rings. The molecule has 1 aromatic carbocycles. The highest BCUT2D eigenvalue weighted by Crippen LogP contribution is 2.25. The van der Waals surface area contributed by atoms with Gasteiger partial charge in [-0.1, -0.05) is 23.7 Å². The maximum atomic E-state index is 6.14. The van der Waals surface area contributed by atoms with Crippen molar-refractivity contribution in [3.8, 4) is 0 Å². The highest BCUT2D eigenvalue weighted by molar-refractivity contribution is 7.09. The fourth-order valence-corrected chi connectivity index (χ4v) is 2.77. The summed E-state index contributed by atoms with van der Waals surface area (Å²) in [5.74, 6) is 0.839. The Morgan fingerprint density at radius 3 is 2.94 bits per heavy atom. The number of aromatic nitrogens is 2. The maximum Gasteiger partial charge on any atom is 0.203 e. The van der Waals surface area contributed by atoms with Crippen LogP contribution in [0.2, 0.25) is 5.02 Å². The molecule has 0 aliphatic rings. The Bertz CT molecular complexity index is 673. The highest BCUT2D eigenvalue weighted by Gasteiger charge is 2.09. The molecule has 0 radical (unpaired) electrons. The molecule has 0 atom stereocenters. The predicted molar refractivity (Wildman–Crippen MR) is 77.4 cm³/mol. The van der Waals surface area contributed by atoms with E-state index in [1.807, 2.05) is 35.9 Å². The van der Waals surface area contributed by atoms with Gasteiger partial charge in [0, 0.05) is 11.9 Å². The molecule has 5 heteroatoms. The molecular formula is C13H12ClN3S. The van der Waals surface area contributed by atoms with E-state index in [-0.39, 0.29) is 0 Å². The Balaban J connectivity index is 1.92. The van der Waals surface area contributed by atoms with Crippen molar-refractivity contribution < 1.29 is 0 Å². The van der Waals surface area contributed by atoms with Crippen LogP contribution in [0.5, 0.6) is 0 Å². The second kappa shape index (κ2) is 4.63. The average Bonchev–Trinajstić information content (AvgIpc) is 2.97. The quantitative estimate of drug-likeness (QED) is 0.787. The van der Waals surface area contributed by atoms with Crippen LogP contribution >= 0.6 is 22.9 Å². The van der Waals surface area contributed by atoms with Crippen molar-refractivity contribution in [3.63, 3.8) is 0 Å². The van der Waals surface area contributed by atoms with Gasteiger partial charge in [-0.15, -0.1) is 11.3 Å². The number of hydrogen-bond donors (Lipinski definition) is 1. The summed E-state index contributed by atoms with van der Waals surface area (Å²) in [5.41, 5.74) is 1.88. The van der Waals surface area contributed by atoms with Crippen LogP contribution in [-0.2, 0) is 13.6 Å². The molecule has 92 valence electrons. The Morgan fingerprint density at radius 1 is 1.33 bits per heavy atom. The van der Waals surface area contributed by atoms with Crippen LogP contribution in [0.1, 0.15) is 4.88 Å². The molecule has 0 aliphatic carbocycles. The molecule has 3 aromatic rings. The molecule has 0 spiro atoms. The number of rotatable bonds is 3. The van der Waals surface area contributed by atoms with Gasteiger partial charge in [0.2, 0.25) is 5.95 Å². The first kappa shape index (κ1) is 11.6. The van der Waals surface area contributed by atoms with Crippen LogP contribution in [0.15, 0.2) is 35.7 Å². The smallest absolute Gasteiger partial charge is 0.203 e. The van der Waals surface area contributed by atoms with Crippen LogP contribution < -0.4 is 5.32 Å². The Hall–Kier alpha value is -1.52. The number of hydrogen-bond acceptors (Lipinski definition) is 3. The second-order valence-corrected chi connectivity index (χ2v) is 5.47. The van der Waals surface area contributed by atoms with E-state index in [1.165, 1.54) is 4.88 Å². The first-order valence-electron chi connectivity index (χ1n) is 5.63. The normalized spacial score (nSPS) is 11.0. The van der Waals surface area contributed by atoms with Gasteiger partial charge in [-0.05, 0) is 23.6 Å². The van der Waals surface area contributed by atoms with Gasteiger partial charge in [0.05, 0.1) is 17.1 Å². The van der Waals surface area contributed by atoms with Crippen LogP contribution in [0.25, 0.3) is 11.0 Å². The lowest BCUT2D eigenvalue weighted by Crippen LogP contribution is -2.03. The van der Waals surface area contributed by atoms with Crippen LogP contribution in [0.4, 0.5) is 5.95 Å². The van der Waals surface area contributed by atoms with Crippen LogP contribution in [0, 0.1) is 0 Å². The largest absolute Gasteiger partial charge is 0.351 e. The van der Waals surface area contributed by atoms with Gasteiger partial charge in [0.25, 0.3) is 0 Å². The van der Waals surface area contributed by atoms with Gasteiger partial charge in [0.1, 0.15) is 5.52 Å². The van der Waals surface area contributed by atoms with Crippen molar-refractivity contribution in [1.29, 1.82) is 0 Å². The van der Waals surface area contributed by atoms with Gasteiger partial charge in [-0.3, -0.25) is 0 Å². The van der Waals surface area contributed by atoms with Crippen molar-refractivity contribution in [1.82, 2.24) is 9.55 Å². The molecule has 3 nitrogen and oxygen atoms in total. The Kier molecular flexibility index (Phi) is 2.97. The molecule has 0 aliphatic heterocycles. The van der Waals surface area contributed by atoms with Gasteiger partial charge < -0.3 is 9.88 Å². The number of anilines is 1. The number of halogens is 1. The number of fused-ring (bicyclic) bond motifs is 1. The molecule has 0 saturated carbocycles. The Morgan fingerprint density at radius 2 is 2.22 bits per heavy atom. The van der Waals surface area contributed by atoms with Crippen molar-refractivity contribution >= 4 is 39.9 Å². The number of benzene rings is 1. The van der Waals surface area contributed by atoms with Gasteiger partial charge in [-0.25, -0.2) is 4.98 Å². The van der Waals surface area contributed by atoms with E-state index in [9.17, 15) is 0 Å². The van der Waals surface area contributed by atoms with Crippen molar-refractivity contribution in [2.45, 2.75) is 6.54 Å². The molecular weight excluding hydrogens is 266 g/mol. The number of nitrogens with zero attached hydrogens (tertiary/aromatic N) is 2. The number of nitrogens with one attached hydrogen (secondary N) is 1. The molecule has 0 amide bonds. The molecule has 0 saturated heterocycles. The van der Waals surface area contributed by atoms with Crippen LogP contribution in [0.3, 0.4) is 0 Å². The summed E-state index contributed by atoms with van der Waals surface area (Å²) in [5, 5.41) is 6.10. The average molecular weight is 278 g/mol. The third-order valence-corrected chi connectivity index (χ3v) is 4.04. The fraction of sp³-hybridized carbons (Fsp3) is 0.154. The SMILES string of the molecule is Cn1c(NCc2cccs2)nc2c(Cl)cccc21. The lowest BCUT2D eigenvalue weighted by molar-refractivity contribution is 0.931. The second-order valence-electron chi connectivity index (χ2n) is 4.03. The third kappa shape index (κ3) is 1.98. The molecule has 2 aromatic heterocycles. The summed E-state index contributed by atoms with van der Waals surface area (Å²) in [6.07, 6.45) is 0. The van der Waals surface area contributed by atoms with E-state index in [4.69, 9.17) is 11.6 Å². The lowest BCUT2D eigenvalue weighted by atomic mass is 10.3. The van der Waals surface area contributed by atoms with Crippen molar-refractivity contribution in [3.05, 3.63) is 45.6 Å². The van der Waals surface area contributed by atoms with E-state index >= 15 is 0 Å². The molecule has 0 bridgehead atoms. The minimum absolute atomic E-state index is 0.687. The molecule has 3 rings (SSSR count). The molecule has 2 heterocycles. The monoisotopic (exact) mass is 277 g/mol. The first-order chi connectivity index (χ1) is 8.75. The Labute approximate surface area is 114 Å². The van der Waals surface area contributed by atoms with Crippen molar-refractivity contribution in [2.75, 3.05) is 5.32 Å². The van der Waals surface area contributed by atoms with E-state index in [2.05, 4.69) is 21.7 Å². The predicted octanol–water partition coefficient (Wildman–Crippen LogP) is 3.90. The number of aryl methyl sites for hydroxylation is 1. The molecule has 0 unspecified atom stereocenters. The van der Waals surface area contributed by atoms with E-state index in [0.29, 0.717) is 5.02 Å². The fourth-order valence-electron chi connectivity index (χ4n) is 1.92.